The van der Waals surface area contributed by atoms with Crippen LogP contribution in [0, 0.1) is 19.7 Å². The maximum Gasteiger partial charge on any atom is 0.256 e. The van der Waals surface area contributed by atoms with Crippen LogP contribution in [0.25, 0.3) is 0 Å². The van der Waals surface area contributed by atoms with Crippen LogP contribution < -0.4 is 5.32 Å². The van der Waals surface area contributed by atoms with Gasteiger partial charge in [-0.25, -0.2) is 9.37 Å². The molecule has 25 heavy (non-hydrogen) atoms. The second-order valence-corrected chi connectivity index (χ2v) is 8.44. The van der Waals surface area contributed by atoms with Crippen molar-refractivity contribution in [2.75, 3.05) is 5.32 Å². The number of carbonyl (C=O) groups excluding carboxylic acids is 1. The van der Waals surface area contributed by atoms with Crippen molar-refractivity contribution >= 4 is 50.6 Å². The number of hydrogen-bond donors (Lipinski definition) is 1. The SMILES string of the molecule is Cc1csc(Sc2ccc(NC(=O)c3cc(F)ccc3Br)c(C)c2)n1. The Morgan fingerprint density at radius 1 is 1.24 bits per heavy atom. The van der Waals surface area contributed by atoms with Crippen LogP contribution in [0.1, 0.15) is 21.6 Å². The summed E-state index contributed by atoms with van der Waals surface area (Å²) >= 11 is 6.47. The van der Waals surface area contributed by atoms with Gasteiger partial charge in [-0.05, 0) is 71.7 Å². The molecule has 2 aromatic carbocycles. The summed E-state index contributed by atoms with van der Waals surface area (Å²) in [4.78, 5) is 17.9. The highest BCUT2D eigenvalue weighted by molar-refractivity contribution is 9.10. The zero-order chi connectivity index (χ0) is 18.0. The van der Waals surface area contributed by atoms with E-state index in [4.69, 9.17) is 0 Å². The highest BCUT2D eigenvalue weighted by Gasteiger charge is 2.13. The number of rotatable bonds is 4. The summed E-state index contributed by atoms with van der Waals surface area (Å²) in [5, 5.41) is 4.85. The van der Waals surface area contributed by atoms with Gasteiger partial charge in [-0.15, -0.1) is 11.3 Å². The first-order valence-electron chi connectivity index (χ1n) is 7.39. The van der Waals surface area contributed by atoms with Gasteiger partial charge in [-0.1, -0.05) is 11.8 Å². The predicted octanol–water partition coefficient (Wildman–Crippen LogP) is 6.07. The minimum absolute atomic E-state index is 0.260. The molecule has 0 atom stereocenters. The van der Waals surface area contributed by atoms with E-state index in [-0.39, 0.29) is 11.5 Å². The minimum Gasteiger partial charge on any atom is -0.322 e. The summed E-state index contributed by atoms with van der Waals surface area (Å²) in [7, 11) is 0. The van der Waals surface area contributed by atoms with Gasteiger partial charge in [0.2, 0.25) is 0 Å². The van der Waals surface area contributed by atoms with E-state index in [2.05, 4.69) is 26.2 Å². The number of anilines is 1. The molecule has 0 aliphatic rings. The van der Waals surface area contributed by atoms with Crippen molar-refractivity contribution in [2.24, 2.45) is 0 Å². The molecule has 0 unspecified atom stereocenters. The number of benzene rings is 2. The quantitative estimate of drug-likeness (QED) is 0.539. The van der Waals surface area contributed by atoms with Crippen LogP contribution in [0.2, 0.25) is 0 Å². The lowest BCUT2D eigenvalue weighted by Crippen LogP contribution is -2.13. The molecule has 1 amide bonds. The molecule has 1 N–H and O–H groups in total. The Balaban J connectivity index is 1.77. The third kappa shape index (κ3) is 4.48. The number of nitrogens with zero attached hydrogens (tertiary/aromatic N) is 1. The number of carbonyl (C=O) groups is 1. The van der Waals surface area contributed by atoms with Crippen molar-refractivity contribution in [1.82, 2.24) is 4.98 Å². The van der Waals surface area contributed by atoms with E-state index in [0.29, 0.717) is 10.2 Å². The second kappa shape index (κ2) is 7.68. The first-order chi connectivity index (χ1) is 11.9. The van der Waals surface area contributed by atoms with Crippen LogP contribution >= 0.6 is 39.0 Å². The number of hydrogen-bond acceptors (Lipinski definition) is 4. The van der Waals surface area contributed by atoms with E-state index in [1.54, 1.807) is 23.1 Å². The first-order valence-corrected chi connectivity index (χ1v) is 9.88. The smallest absolute Gasteiger partial charge is 0.256 e. The van der Waals surface area contributed by atoms with Crippen molar-refractivity contribution in [3.63, 3.8) is 0 Å². The van der Waals surface area contributed by atoms with Gasteiger partial charge < -0.3 is 5.32 Å². The van der Waals surface area contributed by atoms with Gasteiger partial charge in [0, 0.05) is 26.1 Å². The Bertz CT molecular complexity index is 943. The lowest BCUT2D eigenvalue weighted by Gasteiger charge is -2.11. The van der Waals surface area contributed by atoms with Crippen LogP contribution in [0.3, 0.4) is 0 Å². The first kappa shape index (κ1) is 18.1. The fraction of sp³-hybridized carbons (Fsp3) is 0.111. The summed E-state index contributed by atoms with van der Waals surface area (Å²) in [6, 6.07) is 9.82. The minimum atomic E-state index is -0.449. The molecule has 0 spiro atoms. The highest BCUT2D eigenvalue weighted by atomic mass is 79.9. The van der Waals surface area contributed by atoms with Gasteiger partial charge in [0.25, 0.3) is 5.91 Å². The van der Waals surface area contributed by atoms with Gasteiger partial charge in [-0.2, -0.15) is 0 Å². The van der Waals surface area contributed by atoms with Crippen LogP contribution in [-0.4, -0.2) is 10.9 Å². The Hall–Kier alpha value is -1.70. The summed E-state index contributed by atoms with van der Waals surface area (Å²) in [6.45, 7) is 3.89. The predicted molar refractivity (Wildman–Crippen MR) is 104 cm³/mol. The molecule has 1 heterocycles. The van der Waals surface area contributed by atoms with Crippen LogP contribution in [-0.2, 0) is 0 Å². The molecule has 7 heteroatoms. The average molecular weight is 437 g/mol. The zero-order valence-electron chi connectivity index (χ0n) is 13.5. The molecule has 0 saturated carbocycles. The van der Waals surface area contributed by atoms with Crippen LogP contribution in [0.5, 0.6) is 0 Å². The van der Waals surface area contributed by atoms with E-state index in [0.717, 1.165) is 20.5 Å². The van der Waals surface area contributed by atoms with E-state index >= 15 is 0 Å². The largest absolute Gasteiger partial charge is 0.322 e. The summed E-state index contributed by atoms with van der Waals surface area (Å²) in [6.07, 6.45) is 0. The number of halogens is 2. The number of thiazole rings is 1. The van der Waals surface area contributed by atoms with Gasteiger partial charge in [-0.3, -0.25) is 4.79 Å². The number of aromatic nitrogens is 1. The molecular weight excluding hydrogens is 423 g/mol. The van der Waals surface area contributed by atoms with E-state index < -0.39 is 5.82 Å². The maximum absolute atomic E-state index is 13.4. The topological polar surface area (TPSA) is 42.0 Å². The summed E-state index contributed by atoms with van der Waals surface area (Å²) in [5.41, 5.74) is 2.89. The Labute approximate surface area is 161 Å². The van der Waals surface area contributed by atoms with E-state index in [1.165, 1.54) is 18.2 Å². The van der Waals surface area contributed by atoms with Crippen molar-refractivity contribution in [3.05, 3.63) is 68.9 Å². The normalized spacial score (nSPS) is 10.7. The lowest BCUT2D eigenvalue weighted by molar-refractivity contribution is 0.102. The summed E-state index contributed by atoms with van der Waals surface area (Å²) < 4.78 is 14.9. The van der Waals surface area contributed by atoms with Crippen LogP contribution in [0.15, 0.2) is 55.5 Å². The van der Waals surface area contributed by atoms with Gasteiger partial charge in [0.1, 0.15) is 5.82 Å². The molecule has 3 rings (SSSR count). The molecule has 0 bridgehead atoms. The van der Waals surface area contributed by atoms with E-state index in [9.17, 15) is 9.18 Å². The van der Waals surface area contributed by atoms with Gasteiger partial charge >= 0.3 is 0 Å². The van der Waals surface area contributed by atoms with Crippen molar-refractivity contribution in [1.29, 1.82) is 0 Å². The number of amides is 1. The average Bonchev–Trinajstić information content (AvgIpc) is 2.97. The summed E-state index contributed by atoms with van der Waals surface area (Å²) in [5.74, 6) is -0.805. The lowest BCUT2D eigenvalue weighted by atomic mass is 10.1. The van der Waals surface area contributed by atoms with Gasteiger partial charge in [0.05, 0.1) is 5.56 Å². The molecule has 3 aromatic rings. The molecule has 0 aliphatic carbocycles. The molecule has 0 fully saturated rings. The maximum atomic E-state index is 13.4. The third-order valence-corrected chi connectivity index (χ3v) is 6.16. The molecule has 0 radical (unpaired) electrons. The second-order valence-electron chi connectivity index (χ2n) is 5.41. The zero-order valence-corrected chi connectivity index (χ0v) is 16.7. The molecule has 3 nitrogen and oxygen atoms in total. The van der Waals surface area contributed by atoms with Crippen molar-refractivity contribution in [2.45, 2.75) is 23.1 Å². The van der Waals surface area contributed by atoms with Crippen molar-refractivity contribution in [3.8, 4) is 0 Å². The highest BCUT2D eigenvalue weighted by Crippen LogP contribution is 2.32. The standard InChI is InChI=1S/C18H14BrFN2OS2/c1-10-7-13(25-18-21-11(2)9-24-18)4-6-16(10)22-17(23)14-8-12(20)3-5-15(14)19/h3-9H,1-2H3,(H,22,23). The fourth-order valence-electron chi connectivity index (χ4n) is 2.18. The molecular formula is C18H14BrFN2OS2. The Morgan fingerprint density at radius 2 is 2.04 bits per heavy atom. The van der Waals surface area contributed by atoms with E-state index in [1.807, 2.05) is 37.4 Å². The van der Waals surface area contributed by atoms with Crippen molar-refractivity contribution < 1.29 is 9.18 Å². The molecule has 0 aliphatic heterocycles. The Kier molecular flexibility index (Phi) is 5.56. The molecule has 128 valence electrons. The molecule has 0 saturated heterocycles. The number of nitrogens with one attached hydrogen (secondary N) is 1. The third-order valence-electron chi connectivity index (χ3n) is 3.42. The van der Waals surface area contributed by atoms with Crippen LogP contribution in [0.4, 0.5) is 10.1 Å². The monoisotopic (exact) mass is 436 g/mol. The Morgan fingerprint density at radius 3 is 2.72 bits per heavy atom. The molecule has 1 aromatic heterocycles. The fourth-order valence-corrected chi connectivity index (χ4v) is 4.52. The van der Waals surface area contributed by atoms with Gasteiger partial charge in [0.15, 0.2) is 4.34 Å². The number of aryl methyl sites for hydroxylation is 2.